The lowest BCUT2D eigenvalue weighted by Crippen LogP contribution is -2.39. The highest BCUT2D eigenvalue weighted by Crippen LogP contribution is 2.19. The SMILES string of the molecule is Cc1cc(NC(=O)C2NCCC2C)cnc1Br. The van der Waals surface area contributed by atoms with E-state index < -0.39 is 0 Å². The van der Waals surface area contributed by atoms with E-state index in [-0.39, 0.29) is 11.9 Å². The number of pyridine rings is 1. The fourth-order valence-electron chi connectivity index (χ4n) is 2.03. The topological polar surface area (TPSA) is 54.0 Å². The smallest absolute Gasteiger partial charge is 0.241 e. The van der Waals surface area contributed by atoms with Gasteiger partial charge in [-0.05, 0) is 53.4 Å². The van der Waals surface area contributed by atoms with Crippen LogP contribution in [0.4, 0.5) is 5.69 Å². The normalized spacial score (nSPS) is 23.7. The number of anilines is 1. The van der Waals surface area contributed by atoms with E-state index in [2.05, 4.69) is 38.5 Å². The van der Waals surface area contributed by atoms with E-state index in [1.807, 2.05) is 13.0 Å². The first-order chi connectivity index (χ1) is 8.08. The summed E-state index contributed by atoms with van der Waals surface area (Å²) in [5.74, 6) is 0.415. The van der Waals surface area contributed by atoms with Gasteiger partial charge in [0.1, 0.15) is 4.60 Å². The summed E-state index contributed by atoms with van der Waals surface area (Å²) in [5.41, 5.74) is 1.76. The van der Waals surface area contributed by atoms with Crippen LogP contribution in [0.5, 0.6) is 0 Å². The molecular weight excluding hydrogens is 282 g/mol. The zero-order chi connectivity index (χ0) is 12.4. The van der Waals surface area contributed by atoms with E-state index in [1.165, 1.54) is 0 Å². The van der Waals surface area contributed by atoms with Gasteiger partial charge in [0.05, 0.1) is 17.9 Å². The first-order valence-electron chi connectivity index (χ1n) is 5.74. The Morgan fingerprint density at radius 3 is 3.00 bits per heavy atom. The van der Waals surface area contributed by atoms with Gasteiger partial charge in [-0.2, -0.15) is 0 Å². The van der Waals surface area contributed by atoms with Crippen molar-refractivity contribution in [3.63, 3.8) is 0 Å². The van der Waals surface area contributed by atoms with E-state index in [4.69, 9.17) is 0 Å². The lowest BCUT2D eigenvalue weighted by molar-refractivity contribution is -0.118. The summed E-state index contributed by atoms with van der Waals surface area (Å²) in [6.07, 6.45) is 2.71. The predicted octanol–water partition coefficient (Wildman–Crippen LogP) is 2.09. The maximum absolute atomic E-state index is 12.0. The van der Waals surface area contributed by atoms with Gasteiger partial charge in [-0.1, -0.05) is 6.92 Å². The Morgan fingerprint density at radius 2 is 2.41 bits per heavy atom. The average Bonchev–Trinajstić information content (AvgIpc) is 2.70. The molecule has 17 heavy (non-hydrogen) atoms. The molecule has 1 aromatic heterocycles. The Balaban J connectivity index is 2.05. The number of nitrogens with zero attached hydrogens (tertiary/aromatic N) is 1. The van der Waals surface area contributed by atoms with Gasteiger partial charge in [0.15, 0.2) is 0 Å². The van der Waals surface area contributed by atoms with Crippen LogP contribution in [-0.2, 0) is 4.79 Å². The molecule has 1 aliphatic rings. The number of rotatable bonds is 2. The molecule has 1 saturated heterocycles. The van der Waals surface area contributed by atoms with Crippen molar-refractivity contribution < 1.29 is 4.79 Å². The molecule has 2 unspecified atom stereocenters. The first-order valence-corrected chi connectivity index (χ1v) is 6.53. The van der Waals surface area contributed by atoms with E-state index in [0.29, 0.717) is 5.92 Å². The molecule has 0 bridgehead atoms. The number of carbonyl (C=O) groups excluding carboxylic acids is 1. The van der Waals surface area contributed by atoms with Crippen molar-refractivity contribution >= 4 is 27.5 Å². The summed E-state index contributed by atoms with van der Waals surface area (Å²) in [5, 5.41) is 6.11. The van der Waals surface area contributed by atoms with Crippen LogP contribution in [0.3, 0.4) is 0 Å². The number of hydrogen-bond donors (Lipinski definition) is 2. The molecular formula is C12H16BrN3O. The highest BCUT2D eigenvalue weighted by Gasteiger charge is 2.29. The van der Waals surface area contributed by atoms with Gasteiger partial charge < -0.3 is 10.6 Å². The lowest BCUT2D eigenvalue weighted by atomic mass is 10.0. The van der Waals surface area contributed by atoms with Gasteiger partial charge in [-0.3, -0.25) is 4.79 Å². The third-order valence-corrected chi connectivity index (χ3v) is 3.93. The Labute approximate surface area is 109 Å². The Hall–Kier alpha value is -0.940. The van der Waals surface area contributed by atoms with Gasteiger partial charge in [-0.15, -0.1) is 0 Å². The third kappa shape index (κ3) is 2.84. The predicted molar refractivity (Wildman–Crippen MR) is 70.9 cm³/mol. The van der Waals surface area contributed by atoms with E-state index in [1.54, 1.807) is 6.20 Å². The highest BCUT2D eigenvalue weighted by atomic mass is 79.9. The molecule has 4 nitrogen and oxygen atoms in total. The highest BCUT2D eigenvalue weighted by molar-refractivity contribution is 9.10. The Morgan fingerprint density at radius 1 is 1.65 bits per heavy atom. The minimum atomic E-state index is -0.0843. The quantitative estimate of drug-likeness (QED) is 0.822. The van der Waals surface area contributed by atoms with Crippen LogP contribution in [0.15, 0.2) is 16.9 Å². The Kier molecular flexibility index (Phi) is 3.79. The number of hydrogen-bond acceptors (Lipinski definition) is 3. The van der Waals surface area contributed by atoms with Crippen molar-refractivity contribution in [1.82, 2.24) is 10.3 Å². The van der Waals surface area contributed by atoms with E-state index in [9.17, 15) is 4.79 Å². The molecule has 2 N–H and O–H groups in total. The molecule has 0 radical (unpaired) electrons. The second kappa shape index (κ2) is 5.14. The maximum atomic E-state index is 12.0. The summed E-state index contributed by atoms with van der Waals surface area (Å²) in [4.78, 5) is 16.2. The summed E-state index contributed by atoms with van der Waals surface area (Å²) in [6.45, 7) is 4.95. The van der Waals surface area contributed by atoms with Gasteiger partial charge in [0.25, 0.3) is 0 Å². The monoisotopic (exact) mass is 297 g/mol. The molecule has 1 aromatic rings. The molecule has 2 atom stereocenters. The summed E-state index contributed by atoms with van der Waals surface area (Å²) in [7, 11) is 0. The molecule has 0 aromatic carbocycles. The molecule has 0 spiro atoms. The van der Waals surface area contributed by atoms with Gasteiger partial charge >= 0.3 is 0 Å². The molecule has 1 aliphatic heterocycles. The zero-order valence-electron chi connectivity index (χ0n) is 9.96. The van der Waals surface area contributed by atoms with Crippen molar-refractivity contribution in [2.24, 2.45) is 5.92 Å². The first kappa shape index (κ1) is 12.5. The standard InChI is InChI=1S/C12H16BrN3O/c1-7-3-4-14-10(7)12(17)16-9-5-8(2)11(13)15-6-9/h5-7,10,14H,3-4H2,1-2H3,(H,16,17). The van der Waals surface area contributed by atoms with Crippen LogP contribution in [0.1, 0.15) is 18.9 Å². The van der Waals surface area contributed by atoms with Gasteiger partial charge in [-0.25, -0.2) is 4.98 Å². The molecule has 0 saturated carbocycles. The van der Waals surface area contributed by atoms with Gasteiger partial charge in [0, 0.05) is 0 Å². The van der Waals surface area contributed by atoms with Crippen LogP contribution in [0.2, 0.25) is 0 Å². The van der Waals surface area contributed by atoms with Gasteiger partial charge in [0.2, 0.25) is 5.91 Å². The molecule has 2 rings (SSSR count). The van der Waals surface area contributed by atoms with Crippen LogP contribution in [0, 0.1) is 12.8 Å². The number of amides is 1. The van der Waals surface area contributed by atoms with Crippen molar-refractivity contribution in [1.29, 1.82) is 0 Å². The minimum Gasteiger partial charge on any atom is -0.323 e. The third-order valence-electron chi connectivity index (χ3n) is 3.10. The zero-order valence-corrected chi connectivity index (χ0v) is 11.5. The number of halogens is 1. The lowest BCUT2D eigenvalue weighted by Gasteiger charge is -2.15. The summed E-state index contributed by atoms with van der Waals surface area (Å²) >= 11 is 3.34. The van der Waals surface area contributed by atoms with Crippen molar-refractivity contribution in [3.8, 4) is 0 Å². The van der Waals surface area contributed by atoms with Crippen molar-refractivity contribution in [2.45, 2.75) is 26.3 Å². The number of carbonyl (C=O) groups is 1. The molecule has 92 valence electrons. The van der Waals surface area contributed by atoms with Crippen molar-refractivity contribution in [2.75, 3.05) is 11.9 Å². The second-order valence-electron chi connectivity index (χ2n) is 4.52. The maximum Gasteiger partial charge on any atom is 0.241 e. The summed E-state index contributed by atoms with van der Waals surface area (Å²) in [6, 6.07) is 1.83. The van der Waals surface area contributed by atoms with E-state index >= 15 is 0 Å². The fourth-order valence-corrected chi connectivity index (χ4v) is 2.25. The molecule has 2 heterocycles. The second-order valence-corrected chi connectivity index (χ2v) is 5.27. The van der Waals surface area contributed by atoms with Crippen LogP contribution >= 0.6 is 15.9 Å². The van der Waals surface area contributed by atoms with Crippen LogP contribution in [0.25, 0.3) is 0 Å². The fraction of sp³-hybridized carbons (Fsp3) is 0.500. The molecule has 1 fully saturated rings. The number of nitrogens with one attached hydrogen (secondary N) is 2. The molecule has 1 amide bonds. The molecule has 0 aliphatic carbocycles. The minimum absolute atomic E-state index is 0.0264. The largest absolute Gasteiger partial charge is 0.323 e. The Bertz CT molecular complexity index is 436. The van der Waals surface area contributed by atoms with Crippen molar-refractivity contribution in [3.05, 3.63) is 22.4 Å². The average molecular weight is 298 g/mol. The number of aromatic nitrogens is 1. The van der Waals surface area contributed by atoms with E-state index in [0.717, 1.165) is 28.8 Å². The van der Waals surface area contributed by atoms with Crippen LogP contribution in [-0.4, -0.2) is 23.5 Å². The van der Waals surface area contributed by atoms with Crippen LogP contribution < -0.4 is 10.6 Å². The summed E-state index contributed by atoms with van der Waals surface area (Å²) < 4.78 is 0.808. The molecule has 5 heteroatoms. The number of aryl methyl sites for hydroxylation is 1.